The molecule has 6 heteroatoms. The van der Waals surface area contributed by atoms with Gasteiger partial charge in [0.15, 0.2) is 0 Å². The van der Waals surface area contributed by atoms with E-state index in [2.05, 4.69) is 9.97 Å². The first-order chi connectivity index (χ1) is 12.2. The number of H-pyrrole nitrogens is 1. The number of ether oxygens (including phenoxy) is 1. The van der Waals surface area contributed by atoms with Crippen molar-refractivity contribution in [2.75, 3.05) is 18.6 Å². The Labute approximate surface area is 144 Å². The molecule has 2 N–H and O–H groups in total. The van der Waals surface area contributed by atoms with Crippen molar-refractivity contribution in [3.05, 3.63) is 64.4 Å². The molecule has 25 heavy (non-hydrogen) atoms. The van der Waals surface area contributed by atoms with E-state index in [4.69, 9.17) is 4.74 Å². The van der Waals surface area contributed by atoms with Crippen molar-refractivity contribution in [1.29, 1.82) is 0 Å². The fraction of sp³-hybridized carbons (Fsp3) is 0.263. The van der Waals surface area contributed by atoms with Crippen LogP contribution in [0, 0.1) is 0 Å². The van der Waals surface area contributed by atoms with Gasteiger partial charge in [-0.15, -0.1) is 0 Å². The summed E-state index contributed by atoms with van der Waals surface area (Å²) < 4.78 is 5.30. The van der Waals surface area contributed by atoms with E-state index in [-0.39, 0.29) is 11.6 Å². The van der Waals surface area contributed by atoms with Crippen molar-refractivity contribution < 1.29 is 9.84 Å². The molecule has 4 rings (SSSR count). The Morgan fingerprint density at radius 1 is 1.24 bits per heavy atom. The molecule has 0 unspecified atom stereocenters. The van der Waals surface area contributed by atoms with Crippen LogP contribution in [0.1, 0.15) is 18.0 Å². The molecule has 0 bridgehead atoms. The van der Waals surface area contributed by atoms with E-state index in [1.165, 1.54) is 0 Å². The Hall–Kier alpha value is -2.86. The van der Waals surface area contributed by atoms with Gasteiger partial charge in [-0.1, -0.05) is 24.3 Å². The maximum absolute atomic E-state index is 12.4. The Bertz CT molecular complexity index is 969. The summed E-state index contributed by atoms with van der Waals surface area (Å²) in [4.78, 5) is 21.8. The Balaban J connectivity index is 1.78. The van der Waals surface area contributed by atoms with Crippen LogP contribution < -0.4 is 15.2 Å². The monoisotopic (exact) mass is 337 g/mol. The predicted molar refractivity (Wildman–Crippen MR) is 96.1 cm³/mol. The maximum Gasteiger partial charge on any atom is 0.260 e. The van der Waals surface area contributed by atoms with Crippen molar-refractivity contribution in [3.63, 3.8) is 0 Å². The number of nitrogens with zero attached hydrogens (tertiary/aromatic N) is 2. The van der Waals surface area contributed by atoms with E-state index in [1.807, 2.05) is 47.4 Å². The van der Waals surface area contributed by atoms with E-state index in [9.17, 15) is 9.90 Å². The number of aliphatic hydroxyl groups excluding tert-OH is 1. The molecule has 1 aliphatic rings. The van der Waals surface area contributed by atoms with Crippen LogP contribution in [0.4, 0.5) is 5.95 Å². The first kappa shape index (κ1) is 15.7. The first-order valence-corrected chi connectivity index (χ1v) is 8.23. The number of β-amino-alcohol motifs (C(OH)–C–C–N with tert-alkyl or cyclic N) is 1. The highest BCUT2D eigenvalue weighted by molar-refractivity contribution is 5.78. The van der Waals surface area contributed by atoms with Crippen molar-refractivity contribution in [3.8, 4) is 5.75 Å². The van der Waals surface area contributed by atoms with Gasteiger partial charge in [-0.2, -0.15) is 0 Å². The van der Waals surface area contributed by atoms with Gasteiger partial charge < -0.3 is 14.7 Å². The number of fused-ring (bicyclic) bond motifs is 1. The molecule has 0 spiro atoms. The van der Waals surface area contributed by atoms with Crippen molar-refractivity contribution in [2.24, 2.45) is 0 Å². The van der Waals surface area contributed by atoms with Crippen LogP contribution in [0.2, 0.25) is 0 Å². The average molecular weight is 337 g/mol. The number of rotatable bonds is 3. The highest BCUT2D eigenvalue weighted by Crippen LogP contribution is 2.35. The summed E-state index contributed by atoms with van der Waals surface area (Å²) >= 11 is 0. The number of anilines is 1. The van der Waals surface area contributed by atoms with E-state index in [1.54, 1.807) is 13.2 Å². The summed E-state index contributed by atoms with van der Waals surface area (Å²) in [5.74, 6) is 1.24. The first-order valence-electron chi connectivity index (χ1n) is 8.23. The van der Waals surface area contributed by atoms with Crippen LogP contribution in [0.15, 0.2) is 53.3 Å². The van der Waals surface area contributed by atoms with E-state index in [0.29, 0.717) is 29.8 Å². The molecule has 1 aliphatic heterocycles. The molecule has 6 nitrogen and oxygen atoms in total. The molecular weight excluding hydrogens is 318 g/mol. The summed E-state index contributed by atoms with van der Waals surface area (Å²) in [6.07, 6.45) is 0.0944. The van der Waals surface area contributed by atoms with Gasteiger partial charge in [-0.3, -0.25) is 9.78 Å². The minimum Gasteiger partial charge on any atom is -0.497 e. The maximum atomic E-state index is 12.4. The lowest BCUT2D eigenvalue weighted by atomic mass is 10.0. The van der Waals surface area contributed by atoms with Crippen LogP contribution in [0.25, 0.3) is 10.9 Å². The summed E-state index contributed by atoms with van der Waals surface area (Å²) in [6, 6.07) is 14.9. The number of hydrogen-bond donors (Lipinski definition) is 2. The number of methoxy groups -OCH3 is 1. The molecule has 2 heterocycles. The van der Waals surface area contributed by atoms with E-state index >= 15 is 0 Å². The van der Waals surface area contributed by atoms with Crippen molar-refractivity contribution in [1.82, 2.24) is 9.97 Å². The third kappa shape index (κ3) is 2.85. The molecule has 1 aromatic heterocycles. The SMILES string of the molecule is COc1cccc([C@H]2C[C@@H](O)CN2c2nc3ccccc3c(=O)[nH]2)c1. The highest BCUT2D eigenvalue weighted by atomic mass is 16.5. The Morgan fingerprint density at radius 3 is 2.92 bits per heavy atom. The largest absolute Gasteiger partial charge is 0.497 e. The molecule has 3 aromatic rings. The van der Waals surface area contributed by atoms with Crippen LogP contribution >= 0.6 is 0 Å². The minimum absolute atomic E-state index is 0.0746. The number of para-hydroxylation sites is 1. The number of aliphatic hydroxyl groups is 1. The van der Waals surface area contributed by atoms with Gasteiger partial charge in [-0.05, 0) is 36.2 Å². The lowest BCUT2D eigenvalue weighted by Crippen LogP contribution is -2.28. The Morgan fingerprint density at radius 2 is 2.08 bits per heavy atom. The van der Waals surface area contributed by atoms with Crippen LogP contribution in [-0.2, 0) is 0 Å². The third-order valence-corrected chi connectivity index (χ3v) is 4.63. The van der Waals surface area contributed by atoms with Crippen molar-refractivity contribution >= 4 is 16.9 Å². The molecular formula is C19H19N3O3. The van der Waals surface area contributed by atoms with Gasteiger partial charge >= 0.3 is 0 Å². The van der Waals surface area contributed by atoms with Gasteiger partial charge in [0.05, 0.1) is 30.2 Å². The predicted octanol–water partition coefficient (Wildman–Crippen LogP) is 2.24. The van der Waals surface area contributed by atoms with Crippen LogP contribution in [-0.4, -0.2) is 34.8 Å². The summed E-state index contributed by atoms with van der Waals surface area (Å²) in [7, 11) is 1.63. The molecule has 2 aromatic carbocycles. The van der Waals surface area contributed by atoms with Gasteiger partial charge in [0.1, 0.15) is 5.75 Å². The lowest BCUT2D eigenvalue weighted by molar-refractivity contribution is 0.194. The summed E-state index contributed by atoms with van der Waals surface area (Å²) in [5.41, 5.74) is 1.49. The number of hydrogen-bond acceptors (Lipinski definition) is 5. The number of nitrogens with one attached hydrogen (secondary N) is 1. The molecule has 0 radical (unpaired) electrons. The molecule has 0 amide bonds. The Kier molecular flexibility index (Phi) is 3.89. The normalized spacial score (nSPS) is 20.2. The molecule has 2 atom stereocenters. The van der Waals surface area contributed by atoms with Gasteiger partial charge in [0, 0.05) is 6.54 Å². The van der Waals surface area contributed by atoms with E-state index < -0.39 is 6.10 Å². The smallest absolute Gasteiger partial charge is 0.260 e. The minimum atomic E-state index is -0.479. The zero-order valence-corrected chi connectivity index (χ0v) is 13.8. The lowest BCUT2D eigenvalue weighted by Gasteiger charge is -2.25. The van der Waals surface area contributed by atoms with Gasteiger partial charge in [0.2, 0.25) is 5.95 Å². The van der Waals surface area contributed by atoms with Crippen LogP contribution in [0.5, 0.6) is 5.75 Å². The fourth-order valence-corrected chi connectivity index (χ4v) is 3.42. The third-order valence-electron chi connectivity index (χ3n) is 4.63. The summed E-state index contributed by atoms with van der Waals surface area (Å²) in [5, 5.41) is 10.8. The molecule has 0 aliphatic carbocycles. The fourth-order valence-electron chi connectivity index (χ4n) is 3.42. The zero-order valence-electron chi connectivity index (χ0n) is 13.8. The standard InChI is InChI=1S/C19H19N3O3/c1-25-14-6-4-5-12(9-14)17-10-13(23)11-22(17)19-20-16-8-3-2-7-15(16)18(24)21-19/h2-9,13,17,23H,10-11H2,1H3,(H,20,21,24)/t13-,17-/m1/s1. The second-order valence-corrected chi connectivity index (χ2v) is 6.24. The topological polar surface area (TPSA) is 78.5 Å². The second-order valence-electron chi connectivity index (χ2n) is 6.24. The number of aromatic nitrogens is 2. The molecule has 1 fully saturated rings. The summed E-state index contributed by atoms with van der Waals surface area (Å²) in [6.45, 7) is 0.420. The zero-order chi connectivity index (χ0) is 17.4. The quantitative estimate of drug-likeness (QED) is 0.766. The number of benzene rings is 2. The van der Waals surface area contributed by atoms with Crippen LogP contribution in [0.3, 0.4) is 0 Å². The second kappa shape index (κ2) is 6.22. The molecule has 1 saturated heterocycles. The van der Waals surface area contributed by atoms with E-state index in [0.717, 1.165) is 11.3 Å². The number of aromatic amines is 1. The highest BCUT2D eigenvalue weighted by Gasteiger charge is 2.34. The van der Waals surface area contributed by atoms with Gasteiger partial charge in [0.25, 0.3) is 5.56 Å². The van der Waals surface area contributed by atoms with Gasteiger partial charge in [-0.25, -0.2) is 4.98 Å². The molecule has 0 saturated carbocycles. The van der Waals surface area contributed by atoms with Crippen molar-refractivity contribution in [2.45, 2.75) is 18.6 Å². The average Bonchev–Trinajstić information content (AvgIpc) is 3.03. The molecule has 128 valence electrons.